The van der Waals surface area contributed by atoms with Crippen LogP contribution in [0.4, 0.5) is 5.69 Å². The van der Waals surface area contributed by atoms with Gasteiger partial charge in [-0.25, -0.2) is 4.98 Å². The van der Waals surface area contributed by atoms with Gasteiger partial charge in [-0.1, -0.05) is 18.2 Å². The summed E-state index contributed by atoms with van der Waals surface area (Å²) in [5, 5.41) is 2.83. The van der Waals surface area contributed by atoms with E-state index in [1.165, 1.54) is 0 Å². The van der Waals surface area contributed by atoms with Crippen molar-refractivity contribution in [1.29, 1.82) is 0 Å². The molecule has 1 saturated heterocycles. The predicted molar refractivity (Wildman–Crippen MR) is 110 cm³/mol. The van der Waals surface area contributed by atoms with Crippen LogP contribution in [0.25, 0.3) is 5.52 Å². The molecule has 8 heteroatoms. The maximum absolute atomic E-state index is 13.1. The van der Waals surface area contributed by atoms with Crippen LogP contribution in [0.15, 0.2) is 48.7 Å². The van der Waals surface area contributed by atoms with Gasteiger partial charge in [-0.05, 0) is 31.3 Å². The second-order valence-corrected chi connectivity index (χ2v) is 6.99. The minimum Gasteiger partial charge on any atom is -0.495 e. The number of rotatable bonds is 4. The zero-order valence-corrected chi connectivity index (χ0v) is 16.5. The Balaban J connectivity index is 1.67. The third-order valence-corrected chi connectivity index (χ3v) is 5.10. The lowest BCUT2D eigenvalue weighted by molar-refractivity contribution is 0.0661. The van der Waals surface area contributed by atoms with Crippen LogP contribution in [0.3, 0.4) is 0 Å². The summed E-state index contributed by atoms with van der Waals surface area (Å²) in [5.74, 6) is 0.144. The van der Waals surface area contributed by atoms with E-state index < -0.39 is 5.91 Å². The highest BCUT2D eigenvalue weighted by Crippen LogP contribution is 2.24. The first kappa shape index (κ1) is 18.9. The van der Waals surface area contributed by atoms with Crippen molar-refractivity contribution in [1.82, 2.24) is 19.2 Å². The number of fused-ring (bicyclic) bond motifs is 1. The van der Waals surface area contributed by atoms with E-state index in [9.17, 15) is 9.59 Å². The number of pyridine rings is 1. The van der Waals surface area contributed by atoms with Gasteiger partial charge in [-0.15, -0.1) is 0 Å². The average molecular weight is 393 g/mol. The Hall–Kier alpha value is -3.39. The molecule has 29 heavy (non-hydrogen) atoms. The van der Waals surface area contributed by atoms with Crippen molar-refractivity contribution < 1.29 is 14.3 Å². The first-order chi connectivity index (χ1) is 14.1. The number of imidazole rings is 1. The number of methoxy groups -OCH3 is 1. The first-order valence-electron chi connectivity index (χ1n) is 9.48. The molecule has 0 saturated carbocycles. The number of benzene rings is 1. The molecule has 0 bridgehead atoms. The van der Waals surface area contributed by atoms with Crippen LogP contribution in [0.2, 0.25) is 0 Å². The van der Waals surface area contributed by atoms with Gasteiger partial charge in [0, 0.05) is 32.4 Å². The van der Waals surface area contributed by atoms with E-state index in [0.29, 0.717) is 35.7 Å². The lowest BCUT2D eigenvalue weighted by atomic mass is 10.2. The molecule has 4 rings (SSSR count). The zero-order valence-electron chi connectivity index (χ0n) is 16.5. The molecule has 2 aromatic heterocycles. The second kappa shape index (κ2) is 7.92. The van der Waals surface area contributed by atoms with Crippen LogP contribution in [0.1, 0.15) is 21.1 Å². The van der Waals surface area contributed by atoms with Crippen molar-refractivity contribution >= 4 is 23.0 Å². The number of para-hydroxylation sites is 2. The monoisotopic (exact) mass is 393 g/mol. The van der Waals surface area contributed by atoms with E-state index in [-0.39, 0.29) is 11.7 Å². The molecule has 8 nitrogen and oxygen atoms in total. The number of hydrogen-bond acceptors (Lipinski definition) is 5. The number of anilines is 1. The van der Waals surface area contributed by atoms with Gasteiger partial charge in [0.2, 0.25) is 5.82 Å². The van der Waals surface area contributed by atoms with Gasteiger partial charge in [0.1, 0.15) is 5.75 Å². The van der Waals surface area contributed by atoms with Crippen molar-refractivity contribution in [3.63, 3.8) is 0 Å². The van der Waals surface area contributed by atoms with Crippen molar-refractivity contribution in [2.45, 2.75) is 0 Å². The van der Waals surface area contributed by atoms with Crippen molar-refractivity contribution in [2.75, 3.05) is 45.7 Å². The Morgan fingerprint density at radius 2 is 1.76 bits per heavy atom. The van der Waals surface area contributed by atoms with Crippen LogP contribution in [0.5, 0.6) is 5.75 Å². The number of carbonyl (C=O) groups is 2. The largest absolute Gasteiger partial charge is 0.495 e. The molecule has 1 aromatic carbocycles. The summed E-state index contributed by atoms with van der Waals surface area (Å²) in [6.45, 7) is 2.92. The highest BCUT2D eigenvalue weighted by Gasteiger charge is 2.27. The van der Waals surface area contributed by atoms with E-state index in [2.05, 4.69) is 15.2 Å². The fourth-order valence-corrected chi connectivity index (χ4v) is 3.44. The van der Waals surface area contributed by atoms with E-state index in [4.69, 9.17) is 4.74 Å². The molecule has 1 aliphatic heterocycles. The molecule has 3 heterocycles. The van der Waals surface area contributed by atoms with Gasteiger partial charge in [0.15, 0.2) is 5.69 Å². The number of amides is 2. The molecular weight excluding hydrogens is 370 g/mol. The number of ether oxygens (including phenoxy) is 1. The Kier molecular flexibility index (Phi) is 5.18. The van der Waals surface area contributed by atoms with Gasteiger partial charge < -0.3 is 19.9 Å². The van der Waals surface area contributed by atoms with Crippen molar-refractivity contribution in [2.24, 2.45) is 0 Å². The minimum absolute atomic E-state index is 0.154. The fourth-order valence-electron chi connectivity index (χ4n) is 3.44. The quantitative estimate of drug-likeness (QED) is 0.733. The van der Waals surface area contributed by atoms with E-state index >= 15 is 0 Å². The van der Waals surface area contributed by atoms with Gasteiger partial charge in [-0.2, -0.15) is 0 Å². The third kappa shape index (κ3) is 3.66. The smallest absolute Gasteiger partial charge is 0.292 e. The molecule has 150 valence electrons. The summed E-state index contributed by atoms with van der Waals surface area (Å²) < 4.78 is 6.94. The van der Waals surface area contributed by atoms with E-state index in [1.54, 1.807) is 46.9 Å². The Bertz CT molecular complexity index is 1050. The molecular formula is C21H23N5O3. The molecule has 1 N–H and O–H groups in total. The molecule has 1 fully saturated rings. The normalized spacial score (nSPS) is 14.8. The number of likely N-dealkylation sites (N-methyl/N-ethyl adjacent to an activating group) is 1. The molecule has 0 atom stereocenters. The SMILES string of the molecule is COc1ccccc1NC(=O)c1nc(C(=O)N2CCN(C)CC2)c2ccccn12. The average Bonchev–Trinajstić information content (AvgIpc) is 3.14. The van der Waals surface area contributed by atoms with Gasteiger partial charge >= 0.3 is 0 Å². The number of nitrogens with one attached hydrogen (secondary N) is 1. The van der Waals surface area contributed by atoms with Gasteiger partial charge in [0.05, 0.1) is 18.3 Å². The summed E-state index contributed by atoms with van der Waals surface area (Å²) in [6, 6.07) is 12.6. The number of carbonyl (C=O) groups excluding carboxylic acids is 2. The first-order valence-corrected chi connectivity index (χ1v) is 9.48. The number of piperazine rings is 1. The Morgan fingerprint density at radius 1 is 1.03 bits per heavy atom. The minimum atomic E-state index is -0.409. The molecule has 1 aliphatic rings. The summed E-state index contributed by atoms with van der Waals surface area (Å²) in [6.07, 6.45) is 1.74. The Labute approximate surface area is 168 Å². The van der Waals surface area contributed by atoms with Crippen LogP contribution in [-0.2, 0) is 0 Å². The summed E-state index contributed by atoms with van der Waals surface area (Å²) >= 11 is 0. The van der Waals surface area contributed by atoms with Crippen molar-refractivity contribution in [3.8, 4) is 5.75 Å². The molecule has 3 aromatic rings. The lowest BCUT2D eigenvalue weighted by Crippen LogP contribution is -2.47. The molecule has 2 amide bonds. The maximum atomic E-state index is 13.1. The number of aromatic nitrogens is 2. The van der Waals surface area contributed by atoms with E-state index in [1.807, 2.05) is 25.2 Å². The van der Waals surface area contributed by atoms with Crippen LogP contribution >= 0.6 is 0 Å². The summed E-state index contributed by atoms with van der Waals surface area (Å²) in [4.78, 5) is 34.5. The lowest BCUT2D eigenvalue weighted by Gasteiger charge is -2.32. The standard InChI is InChI=1S/C21H23N5O3/c1-24-11-13-25(14-12-24)21(28)18-16-8-5-6-10-26(16)19(23-18)20(27)22-15-7-3-4-9-17(15)29-2/h3-10H,11-14H2,1-2H3,(H,22,27). The van der Waals surface area contributed by atoms with Crippen LogP contribution < -0.4 is 10.1 Å². The van der Waals surface area contributed by atoms with Gasteiger partial charge in [0.25, 0.3) is 11.8 Å². The van der Waals surface area contributed by atoms with Crippen LogP contribution in [-0.4, -0.2) is 71.3 Å². The molecule has 0 spiro atoms. The molecule has 0 unspecified atom stereocenters. The second-order valence-electron chi connectivity index (χ2n) is 6.99. The van der Waals surface area contributed by atoms with Gasteiger partial charge in [-0.3, -0.25) is 14.0 Å². The van der Waals surface area contributed by atoms with Crippen molar-refractivity contribution in [3.05, 3.63) is 60.2 Å². The molecule has 0 radical (unpaired) electrons. The topological polar surface area (TPSA) is 79.2 Å². The van der Waals surface area contributed by atoms with E-state index in [0.717, 1.165) is 13.1 Å². The maximum Gasteiger partial charge on any atom is 0.292 e. The number of hydrogen-bond donors (Lipinski definition) is 1. The van der Waals surface area contributed by atoms with Crippen LogP contribution in [0, 0.1) is 0 Å². The third-order valence-electron chi connectivity index (χ3n) is 5.10. The summed E-state index contributed by atoms with van der Waals surface area (Å²) in [7, 11) is 3.58. The predicted octanol–water partition coefficient (Wildman–Crippen LogP) is 1.98. The number of nitrogens with zero attached hydrogens (tertiary/aromatic N) is 4. The zero-order chi connectivity index (χ0) is 20.4. The highest BCUT2D eigenvalue weighted by atomic mass is 16.5. The molecule has 0 aliphatic carbocycles. The highest BCUT2D eigenvalue weighted by molar-refractivity contribution is 6.06. The fraction of sp³-hybridized carbons (Fsp3) is 0.286. The Morgan fingerprint density at radius 3 is 2.52 bits per heavy atom. The summed E-state index contributed by atoms with van der Waals surface area (Å²) in [5.41, 5.74) is 1.45.